The summed E-state index contributed by atoms with van der Waals surface area (Å²) in [6.45, 7) is 7.96. The molecule has 0 aliphatic carbocycles. The van der Waals surface area contributed by atoms with Gasteiger partial charge in [0.25, 0.3) is 0 Å². The van der Waals surface area contributed by atoms with E-state index in [0.29, 0.717) is 0 Å². The Bertz CT molecular complexity index is 263. The molecule has 1 aromatic rings. The third-order valence-corrected chi connectivity index (χ3v) is 2.12. The fourth-order valence-electron chi connectivity index (χ4n) is 0.880. The predicted octanol–water partition coefficient (Wildman–Crippen LogP) is 3.62. The molecule has 0 atom stereocenters. The molecule has 0 heterocycles. The maximum absolute atomic E-state index is 3.84. The van der Waals surface area contributed by atoms with E-state index in [9.17, 15) is 0 Å². The van der Waals surface area contributed by atoms with Crippen LogP contribution in [0.5, 0.6) is 0 Å². The van der Waals surface area contributed by atoms with E-state index in [1.54, 1.807) is 11.8 Å². The zero-order chi connectivity index (χ0) is 8.27. The molecule has 1 heteroatoms. The van der Waals surface area contributed by atoms with Crippen LogP contribution in [0.1, 0.15) is 12.5 Å². The van der Waals surface area contributed by atoms with Crippen LogP contribution in [0, 0.1) is 6.92 Å². The lowest BCUT2D eigenvalue weighted by Crippen LogP contribution is -1.73. The van der Waals surface area contributed by atoms with Crippen LogP contribution < -0.4 is 0 Å². The summed E-state index contributed by atoms with van der Waals surface area (Å²) in [5.74, 6) is 0. The molecule has 0 aromatic heterocycles. The first-order valence-electron chi connectivity index (χ1n) is 3.58. The van der Waals surface area contributed by atoms with Crippen molar-refractivity contribution in [1.82, 2.24) is 0 Å². The van der Waals surface area contributed by atoms with Crippen molar-refractivity contribution in [1.29, 1.82) is 0 Å². The molecule has 0 nitrogen and oxygen atoms in total. The Labute approximate surface area is 72.3 Å². The van der Waals surface area contributed by atoms with Gasteiger partial charge >= 0.3 is 0 Å². The van der Waals surface area contributed by atoms with Gasteiger partial charge in [-0.25, -0.2) is 0 Å². The Kier molecular flexibility index (Phi) is 2.77. The summed E-state index contributed by atoms with van der Waals surface area (Å²) >= 11 is 1.72. The van der Waals surface area contributed by atoms with Gasteiger partial charge in [-0.1, -0.05) is 36.0 Å². The van der Waals surface area contributed by atoms with Crippen molar-refractivity contribution in [2.24, 2.45) is 0 Å². The fourth-order valence-corrected chi connectivity index (χ4v) is 1.67. The van der Waals surface area contributed by atoms with Crippen LogP contribution in [0.4, 0.5) is 0 Å². The molecule has 0 N–H and O–H groups in total. The molecular weight excluding hydrogens is 152 g/mol. The van der Waals surface area contributed by atoms with E-state index in [1.807, 2.05) is 6.92 Å². The predicted molar refractivity (Wildman–Crippen MR) is 51.9 cm³/mol. The quantitative estimate of drug-likeness (QED) is 0.601. The van der Waals surface area contributed by atoms with Gasteiger partial charge in [-0.05, 0) is 30.9 Å². The average Bonchev–Trinajstić information content (AvgIpc) is 1.85. The minimum absolute atomic E-state index is 1.13. The summed E-state index contributed by atoms with van der Waals surface area (Å²) in [7, 11) is 0. The average molecular weight is 164 g/mol. The topological polar surface area (TPSA) is 0 Å². The Morgan fingerprint density at radius 1 is 1.45 bits per heavy atom. The highest BCUT2D eigenvalue weighted by Crippen LogP contribution is 2.24. The lowest BCUT2D eigenvalue weighted by atomic mass is 10.2. The molecule has 0 saturated carbocycles. The van der Waals surface area contributed by atoms with Crippen molar-refractivity contribution >= 4 is 11.8 Å². The first kappa shape index (κ1) is 8.41. The van der Waals surface area contributed by atoms with Crippen molar-refractivity contribution < 1.29 is 0 Å². The molecule has 58 valence electrons. The van der Waals surface area contributed by atoms with Gasteiger partial charge in [0.05, 0.1) is 0 Å². The number of benzene rings is 1. The van der Waals surface area contributed by atoms with Crippen LogP contribution in [0.3, 0.4) is 0 Å². The zero-order valence-corrected chi connectivity index (χ0v) is 7.74. The van der Waals surface area contributed by atoms with E-state index in [0.717, 1.165) is 4.91 Å². The van der Waals surface area contributed by atoms with Crippen LogP contribution in [-0.2, 0) is 0 Å². The molecule has 1 rings (SSSR count). The van der Waals surface area contributed by atoms with Gasteiger partial charge in [0, 0.05) is 4.90 Å². The maximum Gasteiger partial charge on any atom is 0.0121 e. The Hall–Kier alpha value is -0.690. The summed E-state index contributed by atoms with van der Waals surface area (Å²) in [5, 5.41) is 0. The smallest absolute Gasteiger partial charge is 0.0121 e. The van der Waals surface area contributed by atoms with E-state index in [-0.39, 0.29) is 0 Å². The third kappa shape index (κ3) is 2.81. The molecule has 0 radical (unpaired) electrons. The van der Waals surface area contributed by atoms with Gasteiger partial charge in [0.1, 0.15) is 0 Å². The van der Waals surface area contributed by atoms with Crippen LogP contribution >= 0.6 is 11.8 Å². The van der Waals surface area contributed by atoms with Crippen molar-refractivity contribution in [2.75, 3.05) is 0 Å². The van der Waals surface area contributed by atoms with E-state index in [2.05, 4.69) is 37.8 Å². The van der Waals surface area contributed by atoms with Gasteiger partial charge < -0.3 is 0 Å². The lowest BCUT2D eigenvalue weighted by molar-refractivity contribution is 1.36. The maximum atomic E-state index is 3.84. The summed E-state index contributed by atoms with van der Waals surface area (Å²) in [6, 6.07) is 8.44. The SMILES string of the molecule is C=C(C)Sc1cccc(C)c1. The number of thioether (sulfide) groups is 1. The van der Waals surface area contributed by atoms with E-state index < -0.39 is 0 Å². The second kappa shape index (κ2) is 3.63. The van der Waals surface area contributed by atoms with Crippen LogP contribution in [0.15, 0.2) is 40.6 Å². The van der Waals surface area contributed by atoms with E-state index in [4.69, 9.17) is 0 Å². The van der Waals surface area contributed by atoms with E-state index in [1.165, 1.54) is 10.5 Å². The monoisotopic (exact) mass is 164 g/mol. The first-order valence-corrected chi connectivity index (χ1v) is 4.40. The van der Waals surface area contributed by atoms with Crippen molar-refractivity contribution in [3.8, 4) is 0 Å². The van der Waals surface area contributed by atoms with Crippen molar-refractivity contribution in [3.63, 3.8) is 0 Å². The molecule has 0 bridgehead atoms. The molecular formula is C10H12S. The summed E-state index contributed by atoms with van der Waals surface area (Å²) in [6.07, 6.45) is 0. The van der Waals surface area contributed by atoms with Crippen LogP contribution in [-0.4, -0.2) is 0 Å². The number of rotatable bonds is 2. The molecule has 11 heavy (non-hydrogen) atoms. The molecule has 1 aromatic carbocycles. The van der Waals surface area contributed by atoms with Crippen LogP contribution in [0.2, 0.25) is 0 Å². The first-order chi connectivity index (χ1) is 5.18. The normalized spacial score (nSPS) is 9.64. The second-order valence-corrected chi connectivity index (χ2v) is 3.99. The molecule has 0 spiro atoms. The summed E-state index contributed by atoms with van der Waals surface area (Å²) < 4.78 is 0. The minimum Gasteiger partial charge on any atom is -0.0955 e. The Morgan fingerprint density at radius 3 is 2.73 bits per heavy atom. The lowest BCUT2D eigenvalue weighted by Gasteiger charge is -1.99. The van der Waals surface area contributed by atoms with Gasteiger partial charge in [0.15, 0.2) is 0 Å². The second-order valence-electron chi connectivity index (χ2n) is 2.62. The number of hydrogen-bond acceptors (Lipinski definition) is 1. The molecule has 0 saturated heterocycles. The number of allylic oxidation sites excluding steroid dienone is 1. The fraction of sp³-hybridized carbons (Fsp3) is 0.200. The highest BCUT2D eigenvalue weighted by Gasteiger charge is 1.92. The van der Waals surface area contributed by atoms with Gasteiger partial charge in [-0.15, -0.1) is 0 Å². The zero-order valence-electron chi connectivity index (χ0n) is 6.92. The van der Waals surface area contributed by atoms with Crippen LogP contribution in [0.25, 0.3) is 0 Å². The summed E-state index contributed by atoms with van der Waals surface area (Å²) in [5.41, 5.74) is 1.30. The van der Waals surface area contributed by atoms with Crippen molar-refractivity contribution in [2.45, 2.75) is 18.7 Å². The molecule has 0 aliphatic heterocycles. The van der Waals surface area contributed by atoms with Gasteiger partial charge in [-0.2, -0.15) is 0 Å². The highest BCUT2D eigenvalue weighted by atomic mass is 32.2. The van der Waals surface area contributed by atoms with Crippen molar-refractivity contribution in [3.05, 3.63) is 41.3 Å². The largest absolute Gasteiger partial charge is 0.0955 e. The summed E-state index contributed by atoms with van der Waals surface area (Å²) in [4.78, 5) is 2.41. The molecule has 0 aliphatic rings. The Balaban J connectivity index is 2.79. The minimum atomic E-state index is 1.13. The standard InChI is InChI=1S/C10H12S/c1-8(2)11-10-6-4-5-9(3)7-10/h4-7H,1H2,2-3H3. The number of hydrogen-bond donors (Lipinski definition) is 0. The number of aryl methyl sites for hydroxylation is 1. The molecule has 0 amide bonds. The van der Waals surface area contributed by atoms with Gasteiger partial charge in [0.2, 0.25) is 0 Å². The Morgan fingerprint density at radius 2 is 2.18 bits per heavy atom. The van der Waals surface area contributed by atoms with E-state index >= 15 is 0 Å². The molecule has 0 unspecified atom stereocenters. The highest BCUT2D eigenvalue weighted by molar-refractivity contribution is 8.03. The molecule has 0 fully saturated rings. The third-order valence-electron chi connectivity index (χ3n) is 1.28. The van der Waals surface area contributed by atoms with Gasteiger partial charge in [-0.3, -0.25) is 0 Å².